The number of hydrogen-bond donors (Lipinski definition) is 5. The molecule has 4 aliphatic rings. The third-order valence-electron chi connectivity index (χ3n) is 16.1. The van der Waals surface area contributed by atoms with Gasteiger partial charge in [0.2, 0.25) is 5.79 Å². The van der Waals surface area contributed by atoms with Crippen LogP contribution in [0.4, 0.5) is 9.59 Å². The van der Waals surface area contributed by atoms with Crippen LogP contribution in [0.1, 0.15) is 126 Å². The number of hydrogen-bond acceptors (Lipinski definition) is 21. The number of rotatable bonds is 14. The summed E-state index contributed by atoms with van der Waals surface area (Å²) in [6.45, 7) is 9.71. The number of Topliss-reactive ketones (excluding diaryl/α,β-unsaturated/α-hetero) is 3. The number of aliphatic hydroxyl groups excluding tert-OH is 4. The molecule has 3 fully saturated rings. The smallest absolute Gasteiger partial charge is 0.460 e. The van der Waals surface area contributed by atoms with E-state index in [0.29, 0.717) is 57.8 Å². The molecular formula is C59H91NO21Y50. The number of allylic oxidation sites excluding steroid dienone is 6. The number of nitrogens with zero attached hydrogens (tertiary/aromatic N) is 1. The molecule has 72 heteroatoms. The minimum absolute atomic E-state index is 0. The van der Waals surface area contributed by atoms with Crippen LogP contribution in [0.5, 0.6) is 0 Å². The third-order valence-corrected chi connectivity index (χ3v) is 16.1. The predicted octanol–water partition coefficient (Wildman–Crippen LogP) is 5.08. The summed E-state index contributed by atoms with van der Waals surface area (Å²) < 4.78 is 51.1. The Morgan fingerprint density at radius 1 is 0.481 bits per heavy atom. The molecule has 1 aliphatic carbocycles. The van der Waals surface area contributed by atoms with Crippen molar-refractivity contribution < 1.29 is 1740 Å². The van der Waals surface area contributed by atoms with Gasteiger partial charge in [-0.25, -0.2) is 14.4 Å². The Kier molecular flexibility index (Phi) is 523. The van der Waals surface area contributed by atoms with Crippen molar-refractivity contribution in [2.45, 2.75) is 192 Å². The molecule has 50 radical (unpaired) electrons. The summed E-state index contributed by atoms with van der Waals surface area (Å²) in [7, 11) is 4.29. The first-order valence-corrected chi connectivity index (χ1v) is 28.5. The van der Waals surface area contributed by atoms with Crippen LogP contribution in [0.25, 0.3) is 0 Å². The maximum atomic E-state index is 14.7. The molecule has 0 aromatic carbocycles. The van der Waals surface area contributed by atoms with Crippen LogP contribution in [-0.4, -0.2) is 193 Å². The third kappa shape index (κ3) is 149. The Bertz CT molecular complexity index is 2340. The van der Waals surface area contributed by atoms with Gasteiger partial charge < -0.3 is 73.1 Å². The minimum atomic E-state index is -2.51. The maximum absolute atomic E-state index is 14.7. The fourth-order valence-corrected chi connectivity index (χ4v) is 11.1. The standard InChI is InChI=1S/C59H91NO21.50Y/c1-34-16-12-11-13-17-35(2)48(73-8)28-44-21-19-40(7)59(72,81-44)54(67)55(68)60-23-15-14-18-45(60)56(69)78-49(37(4)26-41-20-22-47(50(27-41)74-9)79-57(70)76-32-42(63)30-61)29-46(65)36(3)25-39(6)52(53(75-10)51(66)38(5)24-34)80-58(71)77-33-43(64)31-62;;;;;;;;;;;;;;;;;;;;;;;;;;;;;;;;;;;;;;;;;;;;;;;;;;/h11-13,16-17,25,34,36-38,40-45,47-50,52-53,61-64,72H,14-15,18-24,26-33H2,1-10H3;;;;;;;;;;;;;;;;;;;;;;;;;;;;;;;;;;;;;;;;;;;;;;;;;;/b13-11?,16-12+,35-17?,39-25+;;;;;;;;;;;;;;;;;;;;;;;;;;;;;;;;;;;;;;;;;;;;;;;;;;/t34-,36-,37-,38-,40-,41+,42?,43?,44?,45?,47-,48+,49+,50-,52-,53+,59-;;;;;;;;;;;;;;;;;;;;;;;;;;;;;;;;;;;;;;;;;;;;;;;;;;/m1................................................../s1. The first-order chi connectivity index (χ1) is 38.4. The molecule has 608 valence electrons. The van der Waals surface area contributed by atoms with Gasteiger partial charge in [-0.15, -0.1) is 0 Å². The number of aliphatic hydroxyl groups is 5. The number of ketones is 3. The van der Waals surface area contributed by atoms with Gasteiger partial charge in [0.05, 0.1) is 31.5 Å². The van der Waals surface area contributed by atoms with E-state index in [1.165, 1.54) is 27.4 Å². The molecule has 2 bridgehead atoms. The number of esters is 1. The van der Waals surface area contributed by atoms with Crippen molar-refractivity contribution in [1.82, 2.24) is 4.90 Å². The Morgan fingerprint density at radius 3 is 1.28 bits per heavy atom. The van der Waals surface area contributed by atoms with Crippen molar-refractivity contribution >= 4 is 41.5 Å². The SMILES string of the molecule is CO[C@H]1CC2CC[C@@H](C)[C@@](O)(O2)C(=O)C(=O)N2CCCCC2C(=O)O[C@H]([C@H](C)C[C@@H]2CC[C@@H](OC(=O)OCC(O)CO)[C@H](OC)C2)CC(=O)[C@H](C)/C=C(\C)[C@@H](OC(=O)OCC(O)CO)[C@@H](OC)C(=O)[C@H](C)C[C@H](C)/C=C/C=CC=C1C.[Y].[Y].[Y].[Y].[Y].[Y].[Y].[Y].[Y].[Y].[Y].[Y].[Y].[Y].[Y].[Y].[Y].[Y].[Y].[Y].[Y].[Y].[Y].[Y].[Y].[Y].[Y].[Y].[Y].[Y].[Y].[Y].[Y].[Y].[Y].[Y].[Y].[Y].[Y].[Y].[Y].[Y].[Y].[Y].[Y].[Y].[Y].[Y].[Y].[Y]. The van der Waals surface area contributed by atoms with Crippen molar-refractivity contribution in [3.05, 3.63) is 47.6 Å². The van der Waals surface area contributed by atoms with Gasteiger partial charge in [0.25, 0.3) is 11.7 Å². The van der Waals surface area contributed by atoms with Crippen LogP contribution in [0.15, 0.2) is 47.6 Å². The van der Waals surface area contributed by atoms with Crippen LogP contribution in [-0.2, 0) is 1700 Å². The zero-order valence-electron chi connectivity index (χ0n) is 77.8. The number of amides is 1. The predicted molar refractivity (Wildman–Crippen MR) is 292 cm³/mol. The number of methoxy groups -OCH3 is 3. The number of carbonyl (C=O) groups is 7. The second-order valence-electron chi connectivity index (χ2n) is 22.6. The largest absolute Gasteiger partial charge is 0.509 e. The van der Waals surface area contributed by atoms with E-state index in [4.69, 9.17) is 47.7 Å². The van der Waals surface area contributed by atoms with E-state index in [-0.39, 0.29) is 1680 Å². The second kappa shape index (κ2) is 210. The van der Waals surface area contributed by atoms with Crippen LogP contribution in [0.2, 0.25) is 0 Å². The van der Waals surface area contributed by atoms with Crippen LogP contribution >= 0.6 is 0 Å². The molecule has 3 heterocycles. The van der Waals surface area contributed by atoms with Gasteiger partial charge in [-0.1, -0.05) is 71.1 Å². The average Bonchev–Trinajstić information content (AvgIpc) is 0.776. The Labute approximate surface area is 2050 Å². The van der Waals surface area contributed by atoms with E-state index in [0.717, 1.165) is 10.5 Å². The molecule has 1 saturated carbocycles. The summed E-state index contributed by atoms with van der Waals surface area (Å²) in [4.78, 5) is 99.2. The molecule has 4 unspecified atom stereocenters. The van der Waals surface area contributed by atoms with E-state index in [2.05, 4.69) is 0 Å². The quantitative estimate of drug-likeness (QED) is 0.0655. The number of ether oxygens (including phenoxy) is 9. The van der Waals surface area contributed by atoms with Crippen LogP contribution in [0.3, 0.4) is 0 Å². The van der Waals surface area contributed by atoms with Gasteiger partial charge in [0.1, 0.15) is 49.5 Å². The van der Waals surface area contributed by atoms with Crippen molar-refractivity contribution in [2.24, 2.45) is 35.5 Å². The molecule has 4 rings (SSSR count). The fraction of sp³-hybridized carbons (Fsp3) is 0.746. The summed E-state index contributed by atoms with van der Waals surface area (Å²) in [5.74, 6) is -9.68. The molecule has 5 N–H and O–H groups in total. The zero-order chi connectivity index (χ0) is 60.1. The van der Waals surface area contributed by atoms with Crippen molar-refractivity contribution in [3.8, 4) is 0 Å². The molecule has 0 aromatic rings. The number of carbonyl (C=O) groups excluding carboxylic acids is 7. The molecule has 2 saturated heterocycles. The average molecular weight is 5600 g/mol. The maximum Gasteiger partial charge on any atom is 0.509 e. The topological polar surface area (TPSA) is 307 Å². The second-order valence-corrected chi connectivity index (χ2v) is 22.6. The first kappa shape index (κ1) is 327. The van der Waals surface area contributed by atoms with Gasteiger partial charge in [0, 0.05) is 1690 Å². The van der Waals surface area contributed by atoms with Gasteiger partial charge in [-0.2, -0.15) is 0 Å². The molecule has 22 nitrogen and oxygen atoms in total. The molecule has 0 aromatic heterocycles. The summed E-state index contributed by atoms with van der Waals surface area (Å²) in [6, 6.07) is -1.27. The molecule has 17 atom stereocenters. The Morgan fingerprint density at radius 2 is 0.893 bits per heavy atom. The van der Waals surface area contributed by atoms with E-state index in [1.807, 2.05) is 51.2 Å². The minimum Gasteiger partial charge on any atom is -0.460 e. The van der Waals surface area contributed by atoms with E-state index in [1.54, 1.807) is 27.7 Å². The van der Waals surface area contributed by atoms with Gasteiger partial charge in [0.15, 0.2) is 18.0 Å². The van der Waals surface area contributed by atoms with Crippen molar-refractivity contribution in [3.63, 3.8) is 0 Å². The number of piperidine rings is 1. The molecule has 0 spiro atoms. The molecule has 1 amide bonds. The Hall–Kier alpha value is 50.3. The molecular weight excluding hydrogens is 5500 g/mol. The van der Waals surface area contributed by atoms with Crippen LogP contribution < -0.4 is 0 Å². The van der Waals surface area contributed by atoms with Gasteiger partial charge >= 0.3 is 18.3 Å². The number of cyclic esters (lactones) is 1. The van der Waals surface area contributed by atoms with E-state index >= 15 is 0 Å². The van der Waals surface area contributed by atoms with Gasteiger partial charge in [-0.05, 0) is 107 Å². The van der Waals surface area contributed by atoms with Crippen molar-refractivity contribution in [2.75, 3.05) is 54.3 Å². The van der Waals surface area contributed by atoms with Crippen molar-refractivity contribution in [1.29, 1.82) is 0 Å². The summed E-state index contributed by atoms with van der Waals surface area (Å²) >= 11 is 0. The monoisotopic (exact) mass is 5590 g/mol. The zero-order valence-corrected chi connectivity index (χ0v) is 220. The normalized spacial score (nSPS) is 21.2. The summed E-state index contributed by atoms with van der Waals surface area (Å²) in [5, 5.41) is 50.0. The molecule has 131 heavy (non-hydrogen) atoms. The van der Waals surface area contributed by atoms with Gasteiger partial charge in [-0.3, -0.25) is 19.2 Å². The number of fused-ring (bicyclic) bond motifs is 3. The Balaban J connectivity index is -0.0000000314. The molecule has 3 aliphatic heterocycles. The fourth-order valence-electron chi connectivity index (χ4n) is 11.1. The summed E-state index contributed by atoms with van der Waals surface area (Å²) in [5.41, 5.74) is 1.05. The first-order valence-electron chi connectivity index (χ1n) is 28.5. The van der Waals surface area contributed by atoms with Crippen LogP contribution in [0, 0.1) is 35.5 Å². The summed E-state index contributed by atoms with van der Waals surface area (Å²) in [6.07, 6.45) is 3.14. The van der Waals surface area contributed by atoms with E-state index < -0.39 is 158 Å². The van der Waals surface area contributed by atoms with E-state index in [9.17, 15) is 54.0 Å².